The number of ether oxygens (including phenoxy) is 1. The minimum Gasteiger partial charge on any atom is -0.484 e. The summed E-state index contributed by atoms with van der Waals surface area (Å²) < 4.78 is 33.1. The average molecular weight is 431 g/mol. The number of carbonyl (C=O) groups excluding carboxylic acids is 1. The lowest BCUT2D eigenvalue weighted by atomic mass is 10.2. The van der Waals surface area contributed by atoms with Crippen LogP contribution in [-0.2, 0) is 14.8 Å². The highest BCUT2D eigenvalue weighted by molar-refractivity contribution is 7.92. The average Bonchev–Trinajstić information content (AvgIpc) is 2.69. The van der Waals surface area contributed by atoms with Crippen LogP contribution in [0.4, 0.5) is 11.4 Å². The van der Waals surface area contributed by atoms with E-state index in [1.807, 2.05) is 19.1 Å². The summed E-state index contributed by atoms with van der Waals surface area (Å²) in [5.74, 6) is 0.171. The molecular formula is C21H19ClN2O4S. The zero-order chi connectivity index (χ0) is 20.9. The van der Waals surface area contributed by atoms with E-state index in [-0.39, 0.29) is 22.2 Å². The number of rotatable bonds is 7. The molecule has 3 aromatic carbocycles. The number of nitrogens with one attached hydrogen (secondary N) is 2. The van der Waals surface area contributed by atoms with E-state index in [1.165, 1.54) is 18.2 Å². The van der Waals surface area contributed by atoms with Gasteiger partial charge in [0.1, 0.15) is 5.75 Å². The number of hydrogen-bond donors (Lipinski definition) is 2. The van der Waals surface area contributed by atoms with Gasteiger partial charge in [0, 0.05) is 5.69 Å². The fraction of sp³-hybridized carbons (Fsp3) is 0.0952. The van der Waals surface area contributed by atoms with Gasteiger partial charge >= 0.3 is 0 Å². The molecule has 0 aliphatic rings. The van der Waals surface area contributed by atoms with Gasteiger partial charge in [0.05, 0.1) is 15.6 Å². The molecule has 2 N–H and O–H groups in total. The highest BCUT2D eigenvalue weighted by Crippen LogP contribution is 2.25. The van der Waals surface area contributed by atoms with Crippen molar-refractivity contribution in [1.29, 1.82) is 0 Å². The van der Waals surface area contributed by atoms with Crippen molar-refractivity contribution >= 4 is 38.9 Å². The first kappa shape index (κ1) is 20.7. The topological polar surface area (TPSA) is 84.5 Å². The van der Waals surface area contributed by atoms with Gasteiger partial charge in [-0.15, -0.1) is 0 Å². The zero-order valence-corrected chi connectivity index (χ0v) is 17.1. The number of benzene rings is 3. The summed E-state index contributed by atoms with van der Waals surface area (Å²) in [5, 5.41) is 2.91. The lowest BCUT2D eigenvalue weighted by Gasteiger charge is -2.11. The second kappa shape index (κ2) is 8.98. The highest BCUT2D eigenvalue weighted by Gasteiger charge is 2.16. The molecule has 0 bridgehead atoms. The quantitative estimate of drug-likeness (QED) is 0.579. The molecule has 0 aliphatic heterocycles. The lowest BCUT2D eigenvalue weighted by Crippen LogP contribution is -2.20. The first-order chi connectivity index (χ1) is 13.8. The standard InChI is InChI=1S/C21H19ClN2O4S/c1-15-9-11-17(12-10-15)28-14-21(25)23-16-5-4-6-18(13-16)29(26,27)24-20-8-3-2-7-19(20)22/h2-13,24H,14H2,1H3,(H,23,25). The predicted molar refractivity (Wildman–Crippen MR) is 114 cm³/mol. The van der Waals surface area contributed by atoms with Gasteiger partial charge in [-0.2, -0.15) is 0 Å². The van der Waals surface area contributed by atoms with E-state index in [4.69, 9.17) is 16.3 Å². The maximum atomic E-state index is 12.6. The van der Waals surface area contributed by atoms with E-state index >= 15 is 0 Å². The molecule has 6 nitrogen and oxygen atoms in total. The van der Waals surface area contributed by atoms with Crippen LogP contribution in [0.1, 0.15) is 5.56 Å². The Morgan fingerprint density at radius 3 is 2.45 bits per heavy atom. The molecule has 0 radical (unpaired) electrons. The fourth-order valence-electron chi connectivity index (χ4n) is 2.47. The molecule has 0 saturated heterocycles. The van der Waals surface area contributed by atoms with E-state index in [9.17, 15) is 13.2 Å². The molecule has 0 aliphatic carbocycles. The van der Waals surface area contributed by atoms with Crippen molar-refractivity contribution in [1.82, 2.24) is 0 Å². The summed E-state index contributed by atoms with van der Waals surface area (Å²) in [6.45, 7) is 1.76. The zero-order valence-electron chi connectivity index (χ0n) is 15.6. The highest BCUT2D eigenvalue weighted by atomic mass is 35.5. The third-order valence-electron chi connectivity index (χ3n) is 3.94. The van der Waals surface area contributed by atoms with Crippen molar-refractivity contribution in [3.05, 3.63) is 83.4 Å². The number of aryl methyl sites for hydroxylation is 1. The normalized spacial score (nSPS) is 11.0. The summed E-state index contributed by atoms with van der Waals surface area (Å²) in [6, 6.07) is 19.8. The Morgan fingerprint density at radius 1 is 1.00 bits per heavy atom. The van der Waals surface area contributed by atoms with Crippen molar-refractivity contribution < 1.29 is 17.9 Å². The molecule has 0 heterocycles. The Morgan fingerprint density at radius 2 is 1.72 bits per heavy atom. The van der Waals surface area contributed by atoms with Crippen molar-refractivity contribution in [2.45, 2.75) is 11.8 Å². The molecule has 0 unspecified atom stereocenters. The van der Waals surface area contributed by atoms with Crippen LogP contribution in [-0.4, -0.2) is 20.9 Å². The van der Waals surface area contributed by atoms with Gasteiger partial charge in [0.25, 0.3) is 15.9 Å². The Labute approximate surface area is 174 Å². The summed E-state index contributed by atoms with van der Waals surface area (Å²) in [7, 11) is -3.87. The Kier molecular flexibility index (Phi) is 6.41. The van der Waals surface area contributed by atoms with Gasteiger partial charge in [-0.3, -0.25) is 9.52 Å². The molecule has 1 amide bonds. The van der Waals surface area contributed by atoms with Gasteiger partial charge in [-0.05, 0) is 49.4 Å². The van der Waals surface area contributed by atoms with Gasteiger partial charge < -0.3 is 10.1 Å². The molecule has 0 atom stereocenters. The Bertz CT molecular complexity index is 1120. The molecule has 29 heavy (non-hydrogen) atoms. The van der Waals surface area contributed by atoms with Crippen molar-refractivity contribution in [2.75, 3.05) is 16.6 Å². The van der Waals surface area contributed by atoms with E-state index in [0.29, 0.717) is 11.4 Å². The maximum Gasteiger partial charge on any atom is 0.262 e. The molecule has 150 valence electrons. The molecule has 3 rings (SSSR count). The van der Waals surface area contributed by atoms with Gasteiger partial charge in [0.15, 0.2) is 6.61 Å². The third-order valence-corrected chi connectivity index (χ3v) is 5.63. The fourth-order valence-corrected chi connectivity index (χ4v) is 3.83. The van der Waals surface area contributed by atoms with E-state index < -0.39 is 15.9 Å². The van der Waals surface area contributed by atoms with Gasteiger partial charge in [-0.25, -0.2) is 8.42 Å². The van der Waals surface area contributed by atoms with Crippen LogP contribution < -0.4 is 14.8 Å². The molecular weight excluding hydrogens is 412 g/mol. The summed E-state index contributed by atoms with van der Waals surface area (Å²) in [6.07, 6.45) is 0. The van der Waals surface area contributed by atoms with Crippen molar-refractivity contribution in [3.63, 3.8) is 0 Å². The third kappa shape index (κ3) is 5.73. The first-order valence-corrected chi connectivity index (χ1v) is 10.6. The van der Waals surface area contributed by atoms with E-state index in [1.54, 1.807) is 42.5 Å². The monoisotopic (exact) mass is 430 g/mol. The number of sulfonamides is 1. The van der Waals surface area contributed by atoms with Crippen LogP contribution in [0.5, 0.6) is 5.75 Å². The van der Waals surface area contributed by atoms with Crippen LogP contribution in [0.15, 0.2) is 77.7 Å². The van der Waals surface area contributed by atoms with E-state index in [2.05, 4.69) is 10.0 Å². The smallest absolute Gasteiger partial charge is 0.262 e. The SMILES string of the molecule is Cc1ccc(OCC(=O)Nc2cccc(S(=O)(=O)Nc3ccccc3Cl)c2)cc1. The van der Waals surface area contributed by atoms with Crippen LogP contribution in [0.3, 0.4) is 0 Å². The molecule has 3 aromatic rings. The lowest BCUT2D eigenvalue weighted by molar-refractivity contribution is -0.118. The molecule has 0 fully saturated rings. The summed E-state index contributed by atoms with van der Waals surface area (Å²) in [5.41, 5.74) is 1.70. The number of carbonyl (C=O) groups is 1. The van der Waals surface area contributed by atoms with Crippen LogP contribution in [0.25, 0.3) is 0 Å². The Balaban J connectivity index is 1.66. The number of amides is 1. The summed E-state index contributed by atoms with van der Waals surface area (Å²) >= 11 is 6.01. The largest absolute Gasteiger partial charge is 0.484 e. The predicted octanol–water partition coefficient (Wildman–Crippen LogP) is 4.47. The molecule has 8 heteroatoms. The van der Waals surface area contributed by atoms with Crippen molar-refractivity contribution in [2.24, 2.45) is 0 Å². The minimum atomic E-state index is -3.87. The second-order valence-corrected chi connectivity index (χ2v) is 8.35. The van der Waals surface area contributed by atoms with Crippen LogP contribution in [0.2, 0.25) is 5.02 Å². The Hall–Kier alpha value is -3.03. The van der Waals surface area contributed by atoms with Gasteiger partial charge in [-0.1, -0.05) is 47.5 Å². The minimum absolute atomic E-state index is 0.00493. The van der Waals surface area contributed by atoms with Crippen molar-refractivity contribution in [3.8, 4) is 5.75 Å². The number of hydrogen-bond acceptors (Lipinski definition) is 4. The molecule has 0 saturated carbocycles. The number of para-hydroxylation sites is 1. The number of halogens is 1. The number of anilines is 2. The van der Waals surface area contributed by atoms with Crippen LogP contribution in [0, 0.1) is 6.92 Å². The molecule has 0 spiro atoms. The van der Waals surface area contributed by atoms with E-state index in [0.717, 1.165) is 5.56 Å². The molecule has 0 aromatic heterocycles. The summed E-state index contributed by atoms with van der Waals surface area (Å²) in [4.78, 5) is 12.1. The maximum absolute atomic E-state index is 12.6. The first-order valence-electron chi connectivity index (χ1n) is 8.70. The van der Waals surface area contributed by atoms with Crippen LogP contribution >= 0.6 is 11.6 Å². The second-order valence-electron chi connectivity index (χ2n) is 6.26. The van der Waals surface area contributed by atoms with Gasteiger partial charge in [0.2, 0.25) is 0 Å².